The summed E-state index contributed by atoms with van der Waals surface area (Å²) < 4.78 is 0. The first-order valence-corrected chi connectivity index (χ1v) is 6.03. The Hall–Kier alpha value is -0.930. The molecule has 1 heterocycles. The lowest BCUT2D eigenvalue weighted by molar-refractivity contribution is 0.263. The Morgan fingerprint density at radius 1 is 1.38 bits per heavy atom. The molecule has 0 aliphatic carbocycles. The Morgan fingerprint density at radius 2 is 2.06 bits per heavy atom. The lowest BCUT2D eigenvalue weighted by Gasteiger charge is -2.22. The lowest BCUT2D eigenvalue weighted by Crippen LogP contribution is -2.29. The van der Waals surface area contributed by atoms with Crippen LogP contribution in [0.2, 0.25) is 0 Å². The van der Waals surface area contributed by atoms with Gasteiger partial charge >= 0.3 is 0 Å². The number of rotatable bonds is 7. The van der Waals surface area contributed by atoms with Gasteiger partial charge in [0.1, 0.15) is 0 Å². The molecule has 1 rings (SSSR count). The van der Waals surface area contributed by atoms with Gasteiger partial charge in [-0.25, -0.2) is 0 Å². The van der Waals surface area contributed by atoms with Crippen molar-refractivity contribution in [2.45, 2.75) is 26.3 Å². The number of hydrogen-bond donors (Lipinski definition) is 1. The highest BCUT2D eigenvalue weighted by atomic mass is 15.1. The van der Waals surface area contributed by atoms with Crippen LogP contribution in [0.1, 0.15) is 25.3 Å². The fourth-order valence-electron chi connectivity index (χ4n) is 2.00. The van der Waals surface area contributed by atoms with E-state index in [0.717, 1.165) is 19.6 Å². The van der Waals surface area contributed by atoms with Crippen LogP contribution < -0.4 is 5.73 Å². The third kappa shape index (κ3) is 4.73. The standard InChI is InChI=1S/C13H23N3/c1-3-4-13(9-14)11-16(2)10-12-5-7-15-8-6-12/h5-8,13H,3-4,9-11,14H2,1-2H3. The molecule has 1 aromatic heterocycles. The molecule has 0 fully saturated rings. The van der Waals surface area contributed by atoms with Crippen molar-refractivity contribution in [2.75, 3.05) is 20.1 Å². The molecule has 0 aromatic carbocycles. The van der Waals surface area contributed by atoms with Gasteiger partial charge in [-0.3, -0.25) is 4.98 Å². The van der Waals surface area contributed by atoms with E-state index in [4.69, 9.17) is 5.73 Å². The number of aromatic nitrogens is 1. The number of nitrogens with two attached hydrogens (primary N) is 1. The summed E-state index contributed by atoms with van der Waals surface area (Å²) in [6.45, 7) is 5.05. The van der Waals surface area contributed by atoms with Gasteiger partial charge in [-0.05, 0) is 43.6 Å². The van der Waals surface area contributed by atoms with Crippen LogP contribution in [-0.2, 0) is 6.54 Å². The summed E-state index contributed by atoms with van der Waals surface area (Å²) in [5.41, 5.74) is 7.07. The molecule has 0 aliphatic heterocycles. The van der Waals surface area contributed by atoms with E-state index in [1.54, 1.807) is 0 Å². The number of nitrogens with zero attached hydrogens (tertiary/aromatic N) is 2. The monoisotopic (exact) mass is 221 g/mol. The quantitative estimate of drug-likeness (QED) is 0.764. The van der Waals surface area contributed by atoms with Crippen LogP contribution in [0.4, 0.5) is 0 Å². The van der Waals surface area contributed by atoms with Crippen molar-refractivity contribution in [2.24, 2.45) is 11.7 Å². The van der Waals surface area contributed by atoms with E-state index >= 15 is 0 Å². The van der Waals surface area contributed by atoms with Crippen LogP contribution in [0.3, 0.4) is 0 Å². The molecule has 0 bridgehead atoms. The first kappa shape index (κ1) is 13.1. The maximum Gasteiger partial charge on any atom is 0.0271 e. The highest BCUT2D eigenvalue weighted by molar-refractivity contribution is 5.09. The van der Waals surface area contributed by atoms with Gasteiger partial charge in [-0.15, -0.1) is 0 Å². The number of pyridine rings is 1. The van der Waals surface area contributed by atoms with Gasteiger partial charge in [0.15, 0.2) is 0 Å². The normalized spacial score (nSPS) is 13.0. The molecule has 3 nitrogen and oxygen atoms in total. The van der Waals surface area contributed by atoms with Gasteiger partial charge in [-0.2, -0.15) is 0 Å². The van der Waals surface area contributed by atoms with E-state index in [9.17, 15) is 0 Å². The minimum absolute atomic E-state index is 0.622. The molecule has 2 N–H and O–H groups in total. The van der Waals surface area contributed by atoms with Crippen LogP contribution in [0.5, 0.6) is 0 Å². The molecule has 0 saturated heterocycles. The van der Waals surface area contributed by atoms with Gasteiger partial charge in [0.05, 0.1) is 0 Å². The molecule has 90 valence electrons. The van der Waals surface area contributed by atoms with Crippen LogP contribution in [0, 0.1) is 5.92 Å². The molecule has 1 aromatic rings. The van der Waals surface area contributed by atoms with Gasteiger partial charge in [0.25, 0.3) is 0 Å². The third-order valence-corrected chi connectivity index (χ3v) is 2.80. The highest BCUT2D eigenvalue weighted by Crippen LogP contribution is 2.08. The van der Waals surface area contributed by atoms with Gasteiger partial charge in [0.2, 0.25) is 0 Å². The zero-order chi connectivity index (χ0) is 11.8. The lowest BCUT2D eigenvalue weighted by atomic mass is 10.0. The zero-order valence-electron chi connectivity index (χ0n) is 10.4. The summed E-state index contributed by atoms with van der Waals surface area (Å²) in [7, 11) is 2.15. The molecular weight excluding hydrogens is 198 g/mol. The van der Waals surface area contributed by atoms with Crippen molar-refractivity contribution < 1.29 is 0 Å². The average molecular weight is 221 g/mol. The second kappa shape index (κ2) is 7.36. The molecule has 3 heteroatoms. The molecule has 1 atom stereocenters. The van der Waals surface area contributed by atoms with Crippen LogP contribution in [-0.4, -0.2) is 30.0 Å². The maximum absolute atomic E-state index is 5.76. The predicted octanol–water partition coefficient (Wildman–Crippen LogP) is 1.89. The Bertz CT molecular complexity index is 274. The molecule has 0 amide bonds. The minimum Gasteiger partial charge on any atom is -0.330 e. The summed E-state index contributed by atoms with van der Waals surface area (Å²) in [4.78, 5) is 6.36. The highest BCUT2D eigenvalue weighted by Gasteiger charge is 2.09. The van der Waals surface area contributed by atoms with Crippen LogP contribution in [0.15, 0.2) is 24.5 Å². The van der Waals surface area contributed by atoms with E-state index < -0.39 is 0 Å². The van der Waals surface area contributed by atoms with Crippen LogP contribution in [0.25, 0.3) is 0 Å². The van der Waals surface area contributed by atoms with Gasteiger partial charge in [-0.1, -0.05) is 13.3 Å². The van der Waals surface area contributed by atoms with Crippen molar-refractivity contribution in [3.05, 3.63) is 30.1 Å². The Kier molecular flexibility index (Phi) is 6.04. The van der Waals surface area contributed by atoms with Crippen molar-refractivity contribution in [1.29, 1.82) is 0 Å². The Labute approximate surface area is 98.7 Å². The SMILES string of the molecule is CCCC(CN)CN(C)Cc1ccncc1. The van der Waals surface area contributed by atoms with Crippen LogP contribution >= 0.6 is 0 Å². The Balaban J connectivity index is 2.37. The molecule has 0 radical (unpaired) electrons. The molecule has 0 aliphatic rings. The second-order valence-electron chi connectivity index (χ2n) is 4.44. The van der Waals surface area contributed by atoms with E-state index in [1.165, 1.54) is 18.4 Å². The van der Waals surface area contributed by atoms with E-state index in [1.807, 2.05) is 12.4 Å². The predicted molar refractivity (Wildman–Crippen MR) is 68.0 cm³/mol. The molecule has 0 spiro atoms. The molecular formula is C13H23N3. The second-order valence-corrected chi connectivity index (χ2v) is 4.44. The first-order valence-electron chi connectivity index (χ1n) is 6.03. The molecule has 16 heavy (non-hydrogen) atoms. The molecule has 0 saturated carbocycles. The number of hydrogen-bond acceptors (Lipinski definition) is 3. The average Bonchev–Trinajstić information content (AvgIpc) is 2.29. The van der Waals surface area contributed by atoms with E-state index in [2.05, 4.69) is 36.0 Å². The summed E-state index contributed by atoms with van der Waals surface area (Å²) in [6, 6.07) is 4.13. The van der Waals surface area contributed by atoms with E-state index in [-0.39, 0.29) is 0 Å². The first-order chi connectivity index (χ1) is 7.76. The summed E-state index contributed by atoms with van der Waals surface area (Å²) >= 11 is 0. The summed E-state index contributed by atoms with van der Waals surface area (Å²) in [5, 5.41) is 0. The van der Waals surface area contributed by atoms with Crippen molar-refractivity contribution >= 4 is 0 Å². The van der Waals surface area contributed by atoms with Crippen molar-refractivity contribution in [1.82, 2.24) is 9.88 Å². The zero-order valence-corrected chi connectivity index (χ0v) is 10.4. The fourth-order valence-corrected chi connectivity index (χ4v) is 2.00. The topological polar surface area (TPSA) is 42.1 Å². The van der Waals surface area contributed by atoms with Crippen molar-refractivity contribution in [3.63, 3.8) is 0 Å². The van der Waals surface area contributed by atoms with Gasteiger partial charge < -0.3 is 10.6 Å². The van der Waals surface area contributed by atoms with Gasteiger partial charge in [0, 0.05) is 25.5 Å². The third-order valence-electron chi connectivity index (χ3n) is 2.80. The largest absolute Gasteiger partial charge is 0.330 e. The summed E-state index contributed by atoms with van der Waals surface area (Å²) in [5.74, 6) is 0.622. The minimum atomic E-state index is 0.622. The Morgan fingerprint density at radius 3 is 2.62 bits per heavy atom. The van der Waals surface area contributed by atoms with Crippen molar-refractivity contribution in [3.8, 4) is 0 Å². The maximum atomic E-state index is 5.76. The summed E-state index contributed by atoms with van der Waals surface area (Å²) in [6.07, 6.45) is 6.12. The van der Waals surface area contributed by atoms with E-state index in [0.29, 0.717) is 5.92 Å². The fraction of sp³-hybridized carbons (Fsp3) is 0.615. The molecule has 1 unspecified atom stereocenters. The smallest absolute Gasteiger partial charge is 0.0271 e.